The third-order valence-corrected chi connectivity index (χ3v) is 7.93. The van der Waals surface area contributed by atoms with E-state index < -0.39 is 11.9 Å². The lowest BCUT2D eigenvalue weighted by Crippen LogP contribution is -2.16. The molecule has 0 saturated carbocycles. The molecule has 10 heteroatoms. The maximum atomic E-state index is 14.0. The number of nitrogens with zero attached hydrogens (tertiary/aromatic N) is 1. The highest BCUT2D eigenvalue weighted by Crippen LogP contribution is 2.40. The van der Waals surface area contributed by atoms with Crippen LogP contribution in [-0.4, -0.2) is 25.6 Å². The Morgan fingerprint density at radius 1 is 1.23 bits per heavy atom. The minimum Gasteiger partial charge on any atom is -0.493 e. The Morgan fingerprint density at radius 2 is 2.00 bits per heavy atom. The molecule has 4 rings (SSSR count). The SMILES string of the molecule is CCOC(=O)c1c(NC(=O)/C(C#N)=C/c2cc(Br)c(OCc3ccccc3F)c(OC)c2)sc2c1CCCC2. The molecular weight excluding hydrogens is 587 g/mol. The van der Waals surface area contributed by atoms with Gasteiger partial charge in [-0.1, -0.05) is 18.2 Å². The minimum absolute atomic E-state index is 0.0176. The lowest BCUT2D eigenvalue weighted by Gasteiger charge is -2.14. The normalized spacial score (nSPS) is 12.7. The molecule has 0 saturated heterocycles. The molecule has 0 atom stereocenters. The average Bonchev–Trinajstić information content (AvgIpc) is 3.29. The van der Waals surface area contributed by atoms with Crippen LogP contribution in [0.2, 0.25) is 0 Å². The number of hydrogen-bond donors (Lipinski definition) is 1. The summed E-state index contributed by atoms with van der Waals surface area (Å²) in [6.45, 7) is 1.93. The number of carbonyl (C=O) groups is 2. The predicted molar refractivity (Wildman–Crippen MR) is 151 cm³/mol. The first kappa shape index (κ1) is 28.3. The Bertz CT molecular complexity index is 1480. The zero-order valence-corrected chi connectivity index (χ0v) is 23.8. The van der Waals surface area contributed by atoms with Crippen molar-refractivity contribution in [2.24, 2.45) is 0 Å². The van der Waals surface area contributed by atoms with Gasteiger partial charge < -0.3 is 19.5 Å². The molecule has 1 aliphatic rings. The highest BCUT2D eigenvalue weighted by Gasteiger charge is 2.28. The second-order valence-electron chi connectivity index (χ2n) is 8.67. The van der Waals surface area contributed by atoms with Crippen molar-refractivity contribution in [3.05, 3.63) is 79.4 Å². The quantitative estimate of drug-likeness (QED) is 0.161. The molecule has 0 unspecified atom stereocenters. The minimum atomic E-state index is -0.642. The number of esters is 1. The van der Waals surface area contributed by atoms with E-state index in [0.29, 0.717) is 37.7 Å². The van der Waals surface area contributed by atoms with Gasteiger partial charge in [0.05, 0.1) is 23.8 Å². The van der Waals surface area contributed by atoms with Crippen molar-refractivity contribution >= 4 is 50.2 Å². The standard InChI is InChI=1S/C29H26BrFN2O5S/c1-3-37-29(35)25-20-9-5-7-11-24(20)39-28(25)33-27(34)19(15-32)12-17-13-21(30)26(23(14-17)36-2)38-16-18-8-4-6-10-22(18)31/h4,6,8,10,12-14H,3,5,7,9,11,16H2,1-2H3,(H,33,34)/b19-12+. The summed E-state index contributed by atoms with van der Waals surface area (Å²) in [5, 5.41) is 12.9. The summed E-state index contributed by atoms with van der Waals surface area (Å²) in [5.41, 5.74) is 2.02. The van der Waals surface area contributed by atoms with Gasteiger partial charge in [0.2, 0.25) is 0 Å². The summed E-state index contributed by atoms with van der Waals surface area (Å²) >= 11 is 4.80. The zero-order valence-electron chi connectivity index (χ0n) is 21.4. The molecule has 1 heterocycles. The van der Waals surface area contributed by atoms with Gasteiger partial charge in [-0.2, -0.15) is 5.26 Å². The molecule has 0 radical (unpaired) electrons. The van der Waals surface area contributed by atoms with E-state index >= 15 is 0 Å². The third kappa shape index (κ3) is 6.49. The molecule has 3 aromatic rings. The van der Waals surface area contributed by atoms with Gasteiger partial charge >= 0.3 is 5.97 Å². The van der Waals surface area contributed by atoms with Crippen molar-refractivity contribution in [1.82, 2.24) is 0 Å². The monoisotopic (exact) mass is 612 g/mol. The van der Waals surface area contributed by atoms with Crippen LogP contribution in [0.3, 0.4) is 0 Å². The van der Waals surface area contributed by atoms with Crippen LogP contribution in [0.5, 0.6) is 11.5 Å². The Balaban J connectivity index is 1.58. The lowest BCUT2D eigenvalue weighted by atomic mass is 9.95. The van der Waals surface area contributed by atoms with Gasteiger partial charge in [-0.05, 0) is 83.9 Å². The van der Waals surface area contributed by atoms with Crippen molar-refractivity contribution in [3.63, 3.8) is 0 Å². The molecule has 0 spiro atoms. The van der Waals surface area contributed by atoms with Gasteiger partial charge in [0, 0.05) is 10.4 Å². The first-order chi connectivity index (χ1) is 18.9. The van der Waals surface area contributed by atoms with E-state index in [4.69, 9.17) is 14.2 Å². The molecule has 0 fully saturated rings. The summed E-state index contributed by atoms with van der Waals surface area (Å²) in [7, 11) is 1.46. The molecule has 2 aromatic carbocycles. The van der Waals surface area contributed by atoms with Crippen LogP contribution in [0.15, 0.2) is 46.4 Å². The molecule has 1 aliphatic carbocycles. The number of hydrogen-bond acceptors (Lipinski definition) is 7. The lowest BCUT2D eigenvalue weighted by molar-refractivity contribution is -0.112. The van der Waals surface area contributed by atoms with Crippen molar-refractivity contribution in [3.8, 4) is 17.6 Å². The number of ether oxygens (including phenoxy) is 3. The second kappa shape index (κ2) is 12.9. The number of nitriles is 1. The molecule has 1 amide bonds. The van der Waals surface area contributed by atoms with E-state index in [-0.39, 0.29) is 24.6 Å². The Hall–Kier alpha value is -3.68. The van der Waals surface area contributed by atoms with E-state index in [9.17, 15) is 19.2 Å². The van der Waals surface area contributed by atoms with Gasteiger partial charge in [0.25, 0.3) is 5.91 Å². The van der Waals surface area contributed by atoms with Crippen LogP contribution in [0.25, 0.3) is 6.08 Å². The van der Waals surface area contributed by atoms with Crippen LogP contribution in [0.4, 0.5) is 9.39 Å². The van der Waals surface area contributed by atoms with E-state index in [1.165, 1.54) is 30.6 Å². The van der Waals surface area contributed by atoms with Gasteiger partial charge in [-0.25, -0.2) is 9.18 Å². The van der Waals surface area contributed by atoms with Crippen molar-refractivity contribution in [2.75, 3.05) is 19.0 Å². The van der Waals surface area contributed by atoms with E-state index in [1.54, 1.807) is 37.3 Å². The number of aryl methyl sites for hydroxylation is 1. The van der Waals surface area contributed by atoms with E-state index in [0.717, 1.165) is 36.1 Å². The number of carbonyl (C=O) groups excluding carboxylic acids is 2. The maximum absolute atomic E-state index is 14.0. The highest BCUT2D eigenvalue weighted by atomic mass is 79.9. The first-order valence-electron chi connectivity index (χ1n) is 12.3. The fourth-order valence-corrected chi connectivity index (χ4v) is 6.13. The van der Waals surface area contributed by atoms with Gasteiger partial charge in [-0.3, -0.25) is 4.79 Å². The Morgan fingerprint density at radius 3 is 2.72 bits per heavy atom. The maximum Gasteiger partial charge on any atom is 0.341 e. The number of thiophene rings is 1. The zero-order chi connectivity index (χ0) is 27.9. The number of rotatable bonds is 9. The summed E-state index contributed by atoms with van der Waals surface area (Å²) in [6, 6.07) is 11.5. The summed E-state index contributed by atoms with van der Waals surface area (Å²) in [5.74, 6) is -0.815. The van der Waals surface area contributed by atoms with Crippen LogP contribution in [-0.2, 0) is 29.0 Å². The highest BCUT2D eigenvalue weighted by molar-refractivity contribution is 9.10. The van der Waals surface area contributed by atoms with Gasteiger partial charge in [-0.15, -0.1) is 11.3 Å². The number of nitrogens with one attached hydrogen (secondary N) is 1. The molecule has 1 N–H and O–H groups in total. The summed E-state index contributed by atoms with van der Waals surface area (Å²) in [4.78, 5) is 26.9. The number of methoxy groups -OCH3 is 1. The van der Waals surface area contributed by atoms with Crippen molar-refractivity contribution in [2.45, 2.75) is 39.2 Å². The number of anilines is 1. The average molecular weight is 614 g/mol. The largest absolute Gasteiger partial charge is 0.493 e. The van der Waals surface area contributed by atoms with E-state index in [1.807, 2.05) is 6.07 Å². The molecule has 202 valence electrons. The van der Waals surface area contributed by atoms with Crippen LogP contribution in [0, 0.1) is 17.1 Å². The summed E-state index contributed by atoms with van der Waals surface area (Å²) in [6.07, 6.45) is 4.98. The number of amides is 1. The van der Waals surface area contributed by atoms with E-state index in [2.05, 4.69) is 21.2 Å². The number of fused-ring (bicyclic) bond motifs is 1. The molecule has 7 nitrogen and oxygen atoms in total. The summed E-state index contributed by atoms with van der Waals surface area (Å²) < 4.78 is 31.0. The molecule has 0 aliphatic heterocycles. The fourth-order valence-electron chi connectivity index (χ4n) is 4.29. The first-order valence-corrected chi connectivity index (χ1v) is 14.0. The van der Waals surface area contributed by atoms with Crippen molar-refractivity contribution < 1.29 is 28.2 Å². The third-order valence-electron chi connectivity index (χ3n) is 6.14. The van der Waals surface area contributed by atoms with Gasteiger partial charge in [0.1, 0.15) is 29.1 Å². The van der Waals surface area contributed by atoms with Crippen LogP contribution >= 0.6 is 27.3 Å². The van der Waals surface area contributed by atoms with Crippen molar-refractivity contribution in [1.29, 1.82) is 5.26 Å². The smallest absolute Gasteiger partial charge is 0.341 e. The second-order valence-corrected chi connectivity index (χ2v) is 10.6. The molecule has 39 heavy (non-hydrogen) atoms. The van der Waals surface area contributed by atoms with Gasteiger partial charge in [0.15, 0.2) is 11.5 Å². The predicted octanol–water partition coefficient (Wildman–Crippen LogP) is 6.84. The number of halogens is 2. The molecule has 1 aromatic heterocycles. The number of benzene rings is 2. The molecule has 0 bridgehead atoms. The van der Waals surface area contributed by atoms with Crippen LogP contribution < -0.4 is 14.8 Å². The Kier molecular flexibility index (Phi) is 9.38. The topological polar surface area (TPSA) is 97.7 Å². The molecular formula is C29H26BrFN2O5S. The Labute approximate surface area is 238 Å². The fraction of sp³-hybridized carbons (Fsp3) is 0.276. The van der Waals surface area contributed by atoms with Crippen LogP contribution in [0.1, 0.15) is 51.7 Å².